The molecule has 0 aliphatic carbocycles. The van der Waals surface area contributed by atoms with Gasteiger partial charge in [0.25, 0.3) is 0 Å². The lowest BCUT2D eigenvalue weighted by atomic mass is 9.79. The second-order valence-corrected chi connectivity index (χ2v) is 12.0. The Morgan fingerprint density at radius 3 is 2.89 bits per heavy atom. The van der Waals surface area contributed by atoms with Crippen LogP contribution in [0.25, 0.3) is 10.9 Å². The van der Waals surface area contributed by atoms with Crippen LogP contribution in [0.2, 0.25) is 0 Å². The predicted octanol–water partition coefficient (Wildman–Crippen LogP) is 5.63. The minimum absolute atomic E-state index is 0.108. The summed E-state index contributed by atoms with van der Waals surface area (Å²) in [6.07, 6.45) is 3.67. The fourth-order valence-corrected chi connectivity index (χ4v) is 7.24. The molecule has 1 aromatic carbocycles. The highest BCUT2D eigenvalue weighted by Gasteiger charge is 2.31. The van der Waals surface area contributed by atoms with Gasteiger partial charge in [-0.1, -0.05) is 0 Å². The lowest BCUT2D eigenvalue weighted by molar-refractivity contribution is -0.139. The van der Waals surface area contributed by atoms with E-state index >= 15 is 0 Å². The Morgan fingerprint density at radius 1 is 1.29 bits per heavy atom. The zero-order valence-electron chi connectivity index (χ0n) is 20.4. The quantitative estimate of drug-likeness (QED) is 0.321. The van der Waals surface area contributed by atoms with Crippen LogP contribution in [0.3, 0.4) is 0 Å². The number of aryl methyl sites for hydroxylation is 1. The van der Waals surface area contributed by atoms with E-state index in [1.54, 1.807) is 13.3 Å². The SMILES string of the molecule is COc1ccc2nccc(C(O)CC[C@@H]3CCN(CCSc4ccc(C)s4)C[C@@H]3CC(=O)O)c2c1. The monoisotopic (exact) mass is 514 g/mol. The molecule has 35 heavy (non-hydrogen) atoms. The van der Waals surface area contributed by atoms with Crippen LogP contribution in [0, 0.1) is 18.8 Å². The van der Waals surface area contributed by atoms with Gasteiger partial charge in [0, 0.05) is 41.7 Å². The number of hydrogen-bond acceptors (Lipinski definition) is 7. The lowest BCUT2D eigenvalue weighted by Gasteiger charge is -2.38. The van der Waals surface area contributed by atoms with Crippen molar-refractivity contribution in [1.29, 1.82) is 0 Å². The summed E-state index contributed by atoms with van der Waals surface area (Å²) in [7, 11) is 1.63. The number of aromatic nitrogens is 1. The molecule has 1 fully saturated rings. The first-order valence-electron chi connectivity index (χ1n) is 12.2. The number of carboxylic acids is 1. The van der Waals surface area contributed by atoms with Crippen LogP contribution in [0.15, 0.2) is 46.8 Å². The van der Waals surface area contributed by atoms with Gasteiger partial charge in [0.15, 0.2) is 0 Å². The number of likely N-dealkylation sites (tertiary alicyclic amines) is 1. The number of carbonyl (C=O) groups is 1. The van der Waals surface area contributed by atoms with E-state index in [0.717, 1.165) is 60.4 Å². The molecule has 6 nitrogen and oxygen atoms in total. The third kappa shape index (κ3) is 6.97. The van der Waals surface area contributed by atoms with Gasteiger partial charge >= 0.3 is 5.97 Å². The topological polar surface area (TPSA) is 82.9 Å². The number of hydrogen-bond donors (Lipinski definition) is 2. The van der Waals surface area contributed by atoms with Crippen LogP contribution in [-0.4, -0.2) is 58.6 Å². The number of aliphatic hydroxyl groups excluding tert-OH is 1. The van der Waals surface area contributed by atoms with Crippen LogP contribution in [0.4, 0.5) is 0 Å². The van der Waals surface area contributed by atoms with Gasteiger partial charge in [-0.25, -0.2) is 0 Å². The number of ether oxygens (including phenoxy) is 1. The fourth-order valence-electron chi connectivity index (χ4n) is 5.05. The molecular weight excluding hydrogens is 480 g/mol. The number of carboxylic acid groups (broad SMARTS) is 1. The van der Waals surface area contributed by atoms with Gasteiger partial charge in [0.05, 0.1) is 22.9 Å². The maximum atomic E-state index is 11.6. The number of aliphatic carboxylic acids is 1. The summed E-state index contributed by atoms with van der Waals surface area (Å²) >= 11 is 3.71. The number of methoxy groups -OCH3 is 1. The van der Waals surface area contributed by atoms with E-state index in [1.165, 1.54) is 9.09 Å². The molecule has 0 saturated carbocycles. The molecule has 1 unspecified atom stereocenters. The minimum Gasteiger partial charge on any atom is -0.497 e. The van der Waals surface area contributed by atoms with Crippen molar-refractivity contribution in [3.63, 3.8) is 0 Å². The van der Waals surface area contributed by atoms with Gasteiger partial charge in [0.1, 0.15) is 5.75 Å². The molecule has 0 bridgehead atoms. The Bertz CT molecular complexity index is 1140. The zero-order valence-corrected chi connectivity index (χ0v) is 22.0. The summed E-state index contributed by atoms with van der Waals surface area (Å²) in [5.41, 5.74) is 1.68. The average molecular weight is 515 g/mol. The molecule has 4 rings (SSSR count). The van der Waals surface area contributed by atoms with Crippen molar-refractivity contribution in [2.45, 2.75) is 42.9 Å². The Balaban J connectivity index is 1.35. The van der Waals surface area contributed by atoms with Crippen LogP contribution < -0.4 is 4.74 Å². The standard InChI is InChI=1S/C27H34N2O4S2/c1-18-3-8-27(35-18)34-14-13-29-12-10-19(20(17-29)15-26(31)32)4-7-25(30)22-9-11-28-24-6-5-21(33-2)16-23(22)24/h3,5-6,8-9,11,16,19-20,25,30H,4,7,10,12-15,17H2,1-2H3,(H,31,32)/t19-,20+,25?/m1/s1. The summed E-state index contributed by atoms with van der Waals surface area (Å²) in [6, 6.07) is 11.9. The molecule has 1 saturated heterocycles. The van der Waals surface area contributed by atoms with E-state index in [2.05, 4.69) is 28.9 Å². The maximum Gasteiger partial charge on any atom is 0.303 e. The molecule has 3 aromatic rings. The highest BCUT2D eigenvalue weighted by molar-refractivity contribution is 8.01. The van der Waals surface area contributed by atoms with Crippen molar-refractivity contribution in [1.82, 2.24) is 9.88 Å². The van der Waals surface area contributed by atoms with Gasteiger partial charge in [-0.3, -0.25) is 9.78 Å². The Kier molecular flexibility index (Phi) is 9.05. The predicted molar refractivity (Wildman–Crippen MR) is 143 cm³/mol. The maximum absolute atomic E-state index is 11.6. The first-order valence-corrected chi connectivity index (χ1v) is 14.0. The molecule has 8 heteroatoms. The molecule has 0 radical (unpaired) electrons. The Morgan fingerprint density at radius 2 is 2.14 bits per heavy atom. The van der Waals surface area contributed by atoms with E-state index < -0.39 is 12.1 Å². The Hall–Kier alpha value is -2.13. The molecule has 3 heterocycles. The average Bonchev–Trinajstić information content (AvgIpc) is 3.27. The first-order chi connectivity index (χ1) is 16.9. The number of rotatable bonds is 11. The van der Waals surface area contributed by atoms with Crippen molar-refractivity contribution in [2.24, 2.45) is 11.8 Å². The van der Waals surface area contributed by atoms with Gasteiger partial charge in [-0.2, -0.15) is 0 Å². The van der Waals surface area contributed by atoms with E-state index in [-0.39, 0.29) is 12.3 Å². The lowest BCUT2D eigenvalue weighted by Crippen LogP contribution is -2.42. The molecule has 1 aliphatic rings. The molecule has 2 aromatic heterocycles. The first kappa shape index (κ1) is 25.9. The van der Waals surface area contributed by atoms with Crippen molar-refractivity contribution in [3.05, 3.63) is 53.0 Å². The summed E-state index contributed by atoms with van der Waals surface area (Å²) in [5.74, 6) is 1.42. The second kappa shape index (κ2) is 12.2. The summed E-state index contributed by atoms with van der Waals surface area (Å²) in [6.45, 7) is 4.89. The van der Waals surface area contributed by atoms with E-state index in [9.17, 15) is 15.0 Å². The number of pyridine rings is 1. The minimum atomic E-state index is -0.738. The number of thiophene rings is 1. The third-order valence-corrected chi connectivity index (χ3v) is 9.14. The molecular formula is C27H34N2O4S2. The van der Waals surface area contributed by atoms with E-state index in [4.69, 9.17) is 4.74 Å². The normalized spacial score (nSPS) is 19.6. The second-order valence-electron chi connectivity index (χ2n) is 9.30. The number of piperidine rings is 1. The van der Waals surface area contributed by atoms with Crippen molar-refractivity contribution in [3.8, 4) is 5.75 Å². The smallest absolute Gasteiger partial charge is 0.303 e. The van der Waals surface area contributed by atoms with Crippen molar-refractivity contribution in [2.75, 3.05) is 32.5 Å². The zero-order chi connectivity index (χ0) is 24.8. The summed E-state index contributed by atoms with van der Waals surface area (Å²) in [4.78, 5) is 19.8. The van der Waals surface area contributed by atoms with Gasteiger partial charge in [-0.05, 0) is 86.5 Å². The molecule has 3 atom stereocenters. The van der Waals surface area contributed by atoms with Crippen LogP contribution in [0.5, 0.6) is 5.75 Å². The summed E-state index contributed by atoms with van der Waals surface area (Å²) in [5, 5.41) is 21.5. The van der Waals surface area contributed by atoms with Gasteiger partial charge in [0.2, 0.25) is 0 Å². The van der Waals surface area contributed by atoms with Gasteiger partial charge in [-0.15, -0.1) is 23.1 Å². The van der Waals surface area contributed by atoms with Crippen molar-refractivity contribution >= 4 is 40.0 Å². The van der Waals surface area contributed by atoms with Crippen LogP contribution >= 0.6 is 23.1 Å². The molecule has 2 N–H and O–H groups in total. The van der Waals surface area contributed by atoms with Gasteiger partial charge < -0.3 is 19.8 Å². The van der Waals surface area contributed by atoms with E-state index in [0.29, 0.717) is 12.3 Å². The van der Waals surface area contributed by atoms with E-state index in [1.807, 2.05) is 47.4 Å². The number of aliphatic hydroxyl groups is 1. The van der Waals surface area contributed by atoms with Crippen LogP contribution in [-0.2, 0) is 4.79 Å². The highest BCUT2D eigenvalue weighted by atomic mass is 32.2. The highest BCUT2D eigenvalue weighted by Crippen LogP contribution is 2.35. The fraction of sp³-hybridized carbons (Fsp3) is 0.481. The molecule has 0 amide bonds. The molecule has 0 spiro atoms. The number of benzene rings is 1. The third-order valence-electron chi connectivity index (χ3n) is 6.93. The van der Waals surface area contributed by atoms with Crippen LogP contribution in [0.1, 0.15) is 42.2 Å². The van der Waals surface area contributed by atoms with Crippen molar-refractivity contribution < 1.29 is 19.7 Å². The Labute approximate surface area is 215 Å². The number of fused-ring (bicyclic) bond motifs is 1. The number of nitrogens with zero attached hydrogens (tertiary/aromatic N) is 2. The largest absolute Gasteiger partial charge is 0.497 e. The molecule has 188 valence electrons. The number of thioether (sulfide) groups is 1. The molecule has 1 aliphatic heterocycles. The summed E-state index contributed by atoms with van der Waals surface area (Å²) < 4.78 is 6.70.